The minimum Gasteiger partial charge on any atom is -0.423 e. The van der Waals surface area contributed by atoms with Crippen LogP contribution in [0.1, 0.15) is 0 Å². The van der Waals surface area contributed by atoms with E-state index in [0.29, 0.717) is 5.46 Å². The van der Waals surface area contributed by atoms with Gasteiger partial charge in [-0.2, -0.15) is 0 Å². The summed E-state index contributed by atoms with van der Waals surface area (Å²) >= 11 is 0. The number of hydrogen-bond acceptors (Lipinski definition) is 2. The Balaban J connectivity index is 0.000000810. The van der Waals surface area contributed by atoms with E-state index >= 15 is 0 Å². The lowest BCUT2D eigenvalue weighted by atomic mass is 9.81. The molecule has 1 aromatic rings. The predicted octanol–water partition coefficient (Wildman–Crippen LogP) is -1.46. The van der Waals surface area contributed by atoms with Crippen LogP contribution in [0.2, 0.25) is 0 Å². The number of rotatable bonds is 1. The van der Waals surface area contributed by atoms with E-state index in [-0.39, 0.29) is 5.48 Å². The summed E-state index contributed by atoms with van der Waals surface area (Å²) in [5, 5.41) is 17.2. The minimum atomic E-state index is -1.34. The van der Waals surface area contributed by atoms with Crippen molar-refractivity contribution in [3.63, 3.8) is 0 Å². The molecule has 1 aromatic carbocycles. The molecular formula is C6H9BO3. The van der Waals surface area contributed by atoms with Crippen LogP contribution in [0.25, 0.3) is 0 Å². The summed E-state index contributed by atoms with van der Waals surface area (Å²) in [5.41, 5.74) is 0.525. The number of benzene rings is 1. The molecule has 0 unspecified atom stereocenters. The van der Waals surface area contributed by atoms with Crippen molar-refractivity contribution in [1.29, 1.82) is 0 Å². The predicted molar refractivity (Wildman–Crippen MR) is 39.9 cm³/mol. The van der Waals surface area contributed by atoms with E-state index in [2.05, 4.69) is 0 Å². The van der Waals surface area contributed by atoms with Gasteiger partial charge in [-0.05, 0) is 5.46 Å². The van der Waals surface area contributed by atoms with Crippen LogP contribution < -0.4 is 5.46 Å². The zero-order valence-electron chi connectivity index (χ0n) is 5.36. The van der Waals surface area contributed by atoms with E-state index in [9.17, 15) is 0 Å². The molecule has 0 heterocycles. The molecule has 10 heavy (non-hydrogen) atoms. The van der Waals surface area contributed by atoms with Gasteiger partial charge in [0.15, 0.2) is 0 Å². The molecule has 0 aliphatic carbocycles. The fourth-order valence-electron chi connectivity index (χ4n) is 0.625. The molecule has 0 fully saturated rings. The van der Waals surface area contributed by atoms with Gasteiger partial charge in [0, 0.05) is 0 Å². The van der Waals surface area contributed by atoms with Crippen LogP contribution in [0.15, 0.2) is 30.3 Å². The lowest BCUT2D eigenvalue weighted by molar-refractivity contribution is 0.426. The van der Waals surface area contributed by atoms with Gasteiger partial charge in [0.2, 0.25) is 0 Å². The highest BCUT2D eigenvalue weighted by Crippen LogP contribution is 1.82. The smallest absolute Gasteiger partial charge is 0.423 e. The summed E-state index contributed by atoms with van der Waals surface area (Å²) in [6.07, 6.45) is 0. The van der Waals surface area contributed by atoms with Crippen molar-refractivity contribution in [2.24, 2.45) is 0 Å². The second kappa shape index (κ2) is 4.06. The van der Waals surface area contributed by atoms with Gasteiger partial charge in [0.1, 0.15) is 0 Å². The largest absolute Gasteiger partial charge is 0.488 e. The zero-order valence-corrected chi connectivity index (χ0v) is 5.36. The molecule has 3 nitrogen and oxygen atoms in total. The molecule has 0 bridgehead atoms. The molecule has 4 heteroatoms. The van der Waals surface area contributed by atoms with Gasteiger partial charge in [-0.25, -0.2) is 0 Å². The quantitative estimate of drug-likeness (QED) is 0.468. The summed E-state index contributed by atoms with van der Waals surface area (Å²) in [5.74, 6) is 0. The van der Waals surface area contributed by atoms with Crippen LogP contribution in [0.5, 0.6) is 0 Å². The van der Waals surface area contributed by atoms with E-state index in [1.54, 1.807) is 24.3 Å². The Morgan fingerprint density at radius 1 is 1.00 bits per heavy atom. The Labute approximate surface area is 59.4 Å². The molecular weight excluding hydrogens is 131 g/mol. The molecule has 0 spiro atoms. The number of hydrogen-bond donors (Lipinski definition) is 2. The Morgan fingerprint density at radius 3 is 1.80 bits per heavy atom. The molecule has 0 aromatic heterocycles. The van der Waals surface area contributed by atoms with E-state index in [0.717, 1.165) is 0 Å². The second-order valence-corrected chi connectivity index (χ2v) is 1.78. The van der Waals surface area contributed by atoms with Crippen molar-refractivity contribution < 1.29 is 15.5 Å². The SMILES string of the molecule is O.OB(O)c1ccccc1. The summed E-state index contributed by atoms with van der Waals surface area (Å²) in [4.78, 5) is 0. The normalized spacial score (nSPS) is 8.20. The average Bonchev–Trinajstić information content (AvgIpc) is 1.90. The minimum absolute atomic E-state index is 0. The molecule has 0 amide bonds. The van der Waals surface area contributed by atoms with Crippen LogP contribution in [0, 0.1) is 0 Å². The van der Waals surface area contributed by atoms with Gasteiger partial charge in [-0.3, -0.25) is 0 Å². The van der Waals surface area contributed by atoms with Crippen molar-refractivity contribution in [1.82, 2.24) is 0 Å². The van der Waals surface area contributed by atoms with E-state index in [1.165, 1.54) is 0 Å². The molecule has 0 aliphatic heterocycles. The van der Waals surface area contributed by atoms with Crippen LogP contribution in [-0.4, -0.2) is 22.6 Å². The van der Waals surface area contributed by atoms with Gasteiger partial charge in [-0.1, -0.05) is 30.3 Å². The first kappa shape index (κ1) is 9.16. The van der Waals surface area contributed by atoms with Gasteiger partial charge >= 0.3 is 7.12 Å². The summed E-state index contributed by atoms with van der Waals surface area (Å²) in [6, 6.07) is 8.66. The standard InChI is InChI=1S/C6H7BO2.H2O/c8-7(9)6-4-2-1-3-5-6;/h1-5,8-9H;1H2. The summed E-state index contributed by atoms with van der Waals surface area (Å²) in [7, 11) is -1.34. The molecule has 54 valence electrons. The Hall–Kier alpha value is -0.835. The van der Waals surface area contributed by atoms with Gasteiger partial charge in [-0.15, -0.1) is 0 Å². The van der Waals surface area contributed by atoms with Crippen molar-refractivity contribution in [2.45, 2.75) is 0 Å². The third-order valence-corrected chi connectivity index (χ3v) is 1.10. The highest BCUT2D eigenvalue weighted by Gasteiger charge is 2.07. The molecule has 0 aliphatic rings. The first-order valence-corrected chi connectivity index (χ1v) is 2.72. The Bertz CT molecular complexity index is 176. The van der Waals surface area contributed by atoms with E-state index < -0.39 is 7.12 Å². The van der Waals surface area contributed by atoms with Crippen LogP contribution in [0.4, 0.5) is 0 Å². The van der Waals surface area contributed by atoms with Gasteiger partial charge < -0.3 is 15.5 Å². The monoisotopic (exact) mass is 140 g/mol. The zero-order chi connectivity index (χ0) is 6.69. The fourth-order valence-corrected chi connectivity index (χ4v) is 0.625. The highest BCUT2D eigenvalue weighted by atomic mass is 16.4. The van der Waals surface area contributed by atoms with Crippen LogP contribution in [0.3, 0.4) is 0 Å². The fraction of sp³-hybridized carbons (Fsp3) is 0. The Kier molecular flexibility index (Phi) is 3.72. The molecule has 4 N–H and O–H groups in total. The third-order valence-electron chi connectivity index (χ3n) is 1.10. The topological polar surface area (TPSA) is 72.0 Å². The highest BCUT2D eigenvalue weighted by molar-refractivity contribution is 6.58. The van der Waals surface area contributed by atoms with Crippen molar-refractivity contribution in [3.8, 4) is 0 Å². The molecule has 0 saturated carbocycles. The Morgan fingerprint density at radius 2 is 1.50 bits per heavy atom. The summed E-state index contributed by atoms with van der Waals surface area (Å²) in [6.45, 7) is 0. The molecule has 0 saturated heterocycles. The third kappa shape index (κ3) is 2.18. The van der Waals surface area contributed by atoms with Gasteiger partial charge in [0.25, 0.3) is 0 Å². The van der Waals surface area contributed by atoms with E-state index in [4.69, 9.17) is 10.0 Å². The van der Waals surface area contributed by atoms with Crippen molar-refractivity contribution in [2.75, 3.05) is 0 Å². The first-order valence-electron chi connectivity index (χ1n) is 2.72. The maximum absolute atomic E-state index is 8.58. The van der Waals surface area contributed by atoms with Gasteiger partial charge in [0.05, 0.1) is 0 Å². The van der Waals surface area contributed by atoms with Crippen LogP contribution >= 0.6 is 0 Å². The van der Waals surface area contributed by atoms with E-state index in [1.807, 2.05) is 6.07 Å². The second-order valence-electron chi connectivity index (χ2n) is 1.78. The average molecular weight is 140 g/mol. The van der Waals surface area contributed by atoms with Crippen molar-refractivity contribution in [3.05, 3.63) is 30.3 Å². The molecule has 1 rings (SSSR count). The first-order chi connectivity index (χ1) is 4.30. The molecule has 0 radical (unpaired) electrons. The summed E-state index contributed by atoms with van der Waals surface area (Å²) < 4.78 is 0. The lowest BCUT2D eigenvalue weighted by Gasteiger charge is -1.94. The lowest BCUT2D eigenvalue weighted by Crippen LogP contribution is -2.29. The van der Waals surface area contributed by atoms with Crippen LogP contribution in [-0.2, 0) is 0 Å². The molecule has 0 atom stereocenters. The van der Waals surface area contributed by atoms with Crippen molar-refractivity contribution >= 4 is 12.6 Å². The maximum Gasteiger partial charge on any atom is 0.488 e. The maximum atomic E-state index is 8.58.